The minimum Gasteiger partial charge on any atom is -0.345 e. The molecule has 1 saturated heterocycles. The lowest BCUT2D eigenvalue weighted by Gasteiger charge is -2.17. The molecule has 0 unspecified atom stereocenters. The predicted molar refractivity (Wildman–Crippen MR) is 81.6 cm³/mol. The first-order valence-electron chi connectivity index (χ1n) is 7.65. The first-order valence-corrected chi connectivity index (χ1v) is 7.65. The van der Waals surface area contributed by atoms with Gasteiger partial charge < -0.3 is 10.2 Å². The lowest BCUT2D eigenvalue weighted by molar-refractivity contribution is -0.127. The Balaban J connectivity index is 1.53. The Bertz CT molecular complexity index is 744. The molecular weight excluding hydrogens is 315 g/mol. The van der Waals surface area contributed by atoms with E-state index in [0.717, 1.165) is 5.56 Å². The highest BCUT2D eigenvalue weighted by Crippen LogP contribution is 2.14. The summed E-state index contributed by atoms with van der Waals surface area (Å²) >= 11 is 0. The molecule has 2 amide bonds. The standard InChI is InChI=1S/C16H17FN4O3/c1-10-15(20-24-19-10)16(23)18-13-8-14(22)21(9-13)7-6-11-2-4-12(17)5-3-11/h2-5,13H,6-9H2,1H3,(H,18,23)/t13-/m1/s1. The lowest BCUT2D eigenvalue weighted by Crippen LogP contribution is -2.38. The number of amides is 2. The van der Waals surface area contributed by atoms with Gasteiger partial charge in [-0.1, -0.05) is 17.3 Å². The van der Waals surface area contributed by atoms with Crippen LogP contribution in [0.1, 0.15) is 28.2 Å². The van der Waals surface area contributed by atoms with Crippen molar-refractivity contribution in [2.75, 3.05) is 13.1 Å². The molecule has 0 bridgehead atoms. The maximum Gasteiger partial charge on any atom is 0.275 e. The van der Waals surface area contributed by atoms with Crippen molar-refractivity contribution >= 4 is 11.8 Å². The monoisotopic (exact) mass is 332 g/mol. The number of rotatable bonds is 5. The number of aryl methyl sites for hydroxylation is 1. The number of likely N-dealkylation sites (tertiary alicyclic amines) is 1. The number of aromatic nitrogens is 2. The number of nitrogens with zero attached hydrogens (tertiary/aromatic N) is 3. The molecule has 0 radical (unpaired) electrons. The molecule has 126 valence electrons. The van der Waals surface area contributed by atoms with E-state index >= 15 is 0 Å². The van der Waals surface area contributed by atoms with Crippen LogP contribution in [0.5, 0.6) is 0 Å². The Morgan fingerprint density at radius 1 is 1.38 bits per heavy atom. The van der Waals surface area contributed by atoms with E-state index in [2.05, 4.69) is 20.3 Å². The van der Waals surface area contributed by atoms with Gasteiger partial charge in [0.25, 0.3) is 5.91 Å². The van der Waals surface area contributed by atoms with Crippen molar-refractivity contribution in [1.82, 2.24) is 20.5 Å². The van der Waals surface area contributed by atoms with E-state index < -0.39 is 5.91 Å². The van der Waals surface area contributed by atoms with Crippen LogP contribution in [0.25, 0.3) is 0 Å². The van der Waals surface area contributed by atoms with Crippen molar-refractivity contribution in [3.05, 3.63) is 47.0 Å². The minimum absolute atomic E-state index is 0.0163. The van der Waals surface area contributed by atoms with E-state index in [-0.39, 0.29) is 29.9 Å². The van der Waals surface area contributed by atoms with Gasteiger partial charge in [0.15, 0.2) is 5.69 Å². The minimum atomic E-state index is -0.396. The van der Waals surface area contributed by atoms with E-state index in [1.165, 1.54) is 12.1 Å². The highest BCUT2D eigenvalue weighted by molar-refractivity contribution is 5.94. The Morgan fingerprint density at radius 2 is 2.12 bits per heavy atom. The number of carbonyl (C=O) groups is 2. The van der Waals surface area contributed by atoms with Crippen LogP contribution in [0.3, 0.4) is 0 Å². The normalized spacial score (nSPS) is 17.3. The van der Waals surface area contributed by atoms with E-state index in [1.54, 1.807) is 24.0 Å². The Kier molecular flexibility index (Phi) is 4.54. The summed E-state index contributed by atoms with van der Waals surface area (Å²) in [4.78, 5) is 25.8. The van der Waals surface area contributed by atoms with E-state index in [4.69, 9.17) is 0 Å². The van der Waals surface area contributed by atoms with Gasteiger partial charge in [-0.2, -0.15) is 0 Å². The third kappa shape index (κ3) is 3.58. The van der Waals surface area contributed by atoms with E-state index in [0.29, 0.717) is 25.2 Å². The second kappa shape index (κ2) is 6.77. The fourth-order valence-electron chi connectivity index (χ4n) is 2.69. The SMILES string of the molecule is Cc1nonc1C(=O)N[C@@H]1CC(=O)N(CCc2ccc(F)cc2)C1. The van der Waals surface area contributed by atoms with Crippen LogP contribution in [0.4, 0.5) is 4.39 Å². The number of hydrogen-bond donors (Lipinski definition) is 1. The molecule has 2 heterocycles. The largest absolute Gasteiger partial charge is 0.345 e. The van der Waals surface area contributed by atoms with Gasteiger partial charge in [0.2, 0.25) is 5.91 Å². The molecular formula is C16H17FN4O3. The predicted octanol–water partition coefficient (Wildman–Crippen LogP) is 1.09. The highest BCUT2D eigenvalue weighted by atomic mass is 19.1. The summed E-state index contributed by atoms with van der Waals surface area (Å²) in [5.74, 6) is -0.694. The number of benzene rings is 1. The zero-order valence-electron chi connectivity index (χ0n) is 13.2. The van der Waals surface area contributed by atoms with Gasteiger partial charge in [0.05, 0.1) is 6.04 Å². The summed E-state index contributed by atoms with van der Waals surface area (Å²) in [5.41, 5.74) is 1.50. The molecule has 1 N–H and O–H groups in total. The van der Waals surface area contributed by atoms with Crippen molar-refractivity contribution < 1.29 is 18.6 Å². The van der Waals surface area contributed by atoms with Crippen molar-refractivity contribution in [3.63, 3.8) is 0 Å². The van der Waals surface area contributed by atoms with Gasteiger partial charge in [-0.05, 0) is 36.2 Å². The van der Waals surface area contributed by atoms with Gasteiger partial charge in [-0.3, -0.25) is 9.59 Å². The second-order valence-electron chi connectivity index (χ2n) is 5.79. The zero-order chi connectivity index (χ0) is 17.1. The van der Waals surface area contributed by atoms with Gasteiger partial charge in [-0.15, -0.1) is 0 Å². The van der Waals surface area contributed by atoms with Gasteiger partial charge in [0, 0.05) is 19.5 Å². The molecule has 1 aliphatic heterocycles. The van der Waals surface area contributed by atoms with E-state index in [1.807, 2.05) is 0 Å². The molecule has 0 saturated carbocycles. The quantitative estimate of drug-likeness (QED) is 0.885. The van der Waals surface area contributed by atoms with Crippen molar-refractivity contribution in [3.8, 4) is 0 Å². The third-order valence-electron chi connectivity index (χ3n) is 4.00. The molecule has 8 heteroatoms. The van der Waals surface area contributed by atoms with E-state index in [9.17, 15) is 14.0 Å². The molecule has 1 aliphatic rings. The Hall–Kier alpha value is -2.77. The maximum absolute atomic E-state index is 12.9. The smallest absolute Gasteiger partial charge is 0.275 e. The summed E-state index contributed by atoms with van der Waals surface area (Å²) in [6, 6.07) is 5.94. The number of nitrogens with one attached hydrogen (secondary N) is 1. The van der Waals surface area contributed by atoms with Crippen LogP contribution in [-0.2, 0) is 11.2 Å². The van der Waals surface area contributed by atoms with Gasteiger partial charge >= 0.3 is 0 Å². The second-order valence-corrected chi connectivity index (χ2v) is 5.79. The zero-order valence-corrected chi connectivity index (χ0v) is 13.2. The molecule has 24 heavy (non-hydrogen) atoms. The molecule has 0 aliphatic carbocycles. The van der Waals surface area contributed by atoms with Crippen molar-refractivity contribution in [2.45, 2.75) is 25.8 Å². The first-order chi connectivity index (χ1) is 11.5. The molecule has 3 rings (SSSR count). The first kappa shape index (κ1) is 16.1. The van der Waals surface area contributed by atoms with Crippen LogP contribution in [-0.4, -0.2) is 46.2 Å². The Labute approximate surface area is 137 Å². The van der Waals surface area contributed by atoms with Gasteiger partial charge in [0.1, 0.15) is 11.5 Å². The fourth-order valence-corrected chi connectivity index (χ4v) is 2.69. The topological polar surface area (TPSA) is 88.3 Å². The van der Waals surface area contributed by atoms with Crippen LogP contribution in [0.15, 0.2) is 28.9 Å². The molecule has 1 atom stereocenters. The van der Waals surface area contributed by atoms with Crippen LogP contribution in [0, 0.1) is 12.7 Å². The van der Waals surface area contributed by atoms with Crippen LogP contribution < -0.4 is 5.32 Å². The summed E-state index contributed by atoms with van der Waals surface area (Å²) in [7, 11) is 0. The molecule has 1 aromatic carbocycles. The summed E-state index contributed by atoms with van der Waals surface area (Å²) in [5, 5.41) is 9.89. The van der Waals surface area contributed by atoms with Crippen molar-refractivity contribution in [2.24, 2.45) is 0 Å². The molecule has 2 aromatic rings. The number of carbonyl (C=O) groups excluding carboxylic acids is 2. The van der Waals surface area contributed by atoms with Crippen molar-refractivity contribution in [1.29, 1.82) is 0 Å². The number of halogens is 1. The highest BCUT2D eigenvalue weighted by Gasteiger charge is 2.31. The molecule has 1 fully saturated rings. The van der Waals surface area contributed by atoms with Crippen LogP contribution in [0.2, 0.25) is 0 Å². The Morgan fingerprint density at radius 3 is 2.79 bits per heavy atom. The molecule has 1 aromatic heterocycles. The summed E-state index contributed by atoms with van der Waals surface area (Å²) in [6.45, 7) is 2.59. The fraction of sp³-hybridized carbons (Fsp3) is 0.375. The maximum atomic E-state index is 12.9. The third-order valence-corrected chi connectivity index (χ3v) is 4.00. The summed E-state index contributed by atoms with van der Waals surface area (Å²) in [6.07, 6.45) is 0.887. The number of hydrogen-bond acceptors (Lipinski definition) is 5. The molecule has 0 spiro atoms. The molecule has 7 nitrogen and oxygen atoms in total. The summed E-state index contributed by atoms with van der Waals surface area (Å²) < 4.78 is 17.4. The average molecular weight is 332 g/mol. The van der Waals surface area contributed by atoms with Gasteiger partial charge in [-0.25, -0.2) is 9.02 Å². The lowest BCUT2D eigenvalue weighted by atomic mass is 10.1. The van der Waals surface area contributed by atoms with Crippen LogP contribution >= 0.6 is 0 Å². The average Bonchev–Trinajstić information content (AvgIpc) is 3.12.